The van der Waals surface area contributed by atoms with Crippen LogP contribution in [0.25, 0.3) is 10.9 Å². The van der Waals surface area contributed by atoms with E-state index in [1.807, 2.05) is 49.4 Å². The molecule has 7 heteroatoms. The molecule has 0 unspecified atom stereocenters. The quantitative estimate of drug-likeness (QED) is 0.396. The summed E-state index contributed by atoms with van der Waals surface area (Å²) >= 11 is 0. The molecule has 2 N–H and O–H groups in total. The molecular formula is C28H27N3O4. The van der Waals surface area contributed by atoms with Gasteiger partial charge in [-0.05, 0) is 36.8 Å². The van der Waals surface area contributed by atoms with Crippen LogP contribution in [0, 0.1) is 6.92 Å². The van der Waals surface area contributed by atoms with Gasteiger partial charge in [-0.2, -0.15) is 0 Å². The number of carbonyl (C=O) groups is 2. The third kappa shape index (κ3) is 3.99. The number of benzene rings is 3. The smallest absolute Gasteiger partial charge is 0.255 e. The van der Waals surface area contributed by atoms with Crippen molar-refractivity contribution in [3.05, 3.63) is 89.1 Å². The number of H-pyrrole nitrogens is 1. The van der Waals surface area contributed by atoms with Crippen LogP contribution in [0.3, 0.4) is 0 Å². The summed E-state index contributed by atoms with van der Waals surface area (Å²) < 4.78 is 10.6. The maximum atomic E-state index is 13.4. The first-order chi connectivity index (χ1) is 17.0. The molecule has 3 aromatic carbocycles. The van der Waals surface area contributed by atoms with Crippen LogP contribution in [-0.4, -0.2) is 42.5 Å². The van der Waals surface area contributed by atoms with Crippen molar-refractivity contribution in [1.82, 2.24) is 9.88 Å². The van der Waals surface area contributed by atoms with Crippen LogP contribution in [0.15, 0.2) is 66.7 Å². The number of aromatic nitrogens is 1. The average Bonchev–Trinajstić information content (AvgIpc) is 3.35. The number of nitrogens with zero attached hydrogens (tertiary/aromatic N) is 1. The Labute approximate surface area is 203 Å². The second-order valence-electron chi connectivity index (χ2n) is 8.56. The molecule has 0 bridgehead atoms. The lowest BCUT2D eigenvalue weighted by atomic mass is 9.95. The highest BCUT2D eigenvalue weighted by molar-refractivity contribution is 6.01. The number of aromatic amines is 1. The van der Waals surface area contributed by atoms with Gasteiger partial charge in [0, 0.05) is 46.8 Å². The normalized spacial score (nSPS) is 14.8. The van der Waals surface area contributed by atoms with Gasteiger partial charge in [-0.1, -0.05) is 36.4 Å². The van der Waals surface area contributed by atoms with Crippen LogP contribution in [0.5, 0.6) is 11.5 Å². The van der Waals surface area contributed by atoms with E-state index in [4.69, 9.17) is 9.47 Å². The van der Waals surface area contributed by atoms with E-state index in [1.54, 1.807) is 37.3 Å². The number of rotatable bonds is 7. The number of aryl methyl sites for hydroxylation is 1. The minimum Gasteiger partial charge on any atom is -0.497 e. The number of anilines is 1. The maximum absolute atomic E-state index is 13.4. The van der Waals surface area contributed by atoms with Gasteiger partial charge in [0.25, 0.3) is 5.91 Å². The molecule has 2 heterocycles. The molecule has 178 valence electrons. The van der Waals surface area contributed by atoms with E-state index in [-0.39, 0.29) is 30.8 Å². The second kappa shape index (κ2) is 9.18. The summed E-state index contributed by atoms with van der Waals surface area (Å²) in [7, 11) is 3.11. The summed E-state index contributed by atoms with van der Waals surface area (Å²) in [6.45, 7) is 2.31. The van der Waals surface area contributed by atoms with Crippen molar-refractivity contribution >= 4 is 28.4 Å². The average molecular weight is 470 g/mol. The van der Waals surface area contributed by atoms with Gasteiger partial charge in [-0.15, -0.1) is 0 Å². The molecule has 1 aliphatic heterocycles. The van der Waals surface area contributed by atoms with E-state index in [1.165, 1.54) is 0 Å². The summed E-state index contributed by atoms with van der Waals surface area (Å²) in [5.74, 6) is 0.878. The lowest BCUT2D eigenvalue weighted by Crippen LogP contribution is -2.32. The van der Waals surface area contributed by atoms with Gasteiger partial charge in [-0.3, -0.25) is 9.59 Å². The van der Waals surface area contributed by atoms with Crippen molar-refractivity contribution in [2.75, 3.05) is 26.1 Å². The van der Waals surface area contributed by atoms with Crippen LogP contribution >= 0.6 is 0 Å². The summed E-state index contributed by atoms with van der Waals surface area (Å²) in [5, 5.41) is 3.98. The monoisotopic (exact) mass is 469 g/mol. The third-order valence-corrected chi connectivity index (χ3v) is 6.54. The maximum Gasteiger partial charge on any atom is 0.255 e. The SMILES string of the molecule is COc1ccc(NC(=O)CCN2C(=O)c3ccccc3[C@@H]2c2c(C)[nH]c3ccccc23)c(OC)c1. The number of fused-ring (bicyclic) bond motifs is 2. The topological polar surface area (TPSA) is 83.7 Å². The Bertz CT molecular complexity index is 1430. The highest BCUT2D eigenvalue weighted by Gasteiger charge is 2.39. The van der Waals surface area contributed by atoms with E-state index in [0.717, 1.165) is 27.7 Å². The number of para-hydroxylation sites is 1. The molecule has 1 atom stereocenters. The highest BCUT2D eigenvalue weighted by Crippen LogP contribution is 2.42. The van der Waals surface area contributed by atoms with Gasteiger partial charge in [0.15, 0.2) is 0 Å². The third-order valence-electron chi connectivity index (χ3n) is 6.54. The molecule has 4 aromatic rings. The van der Waals surface area contributed by atoms with Crippen molar-refractivity contribution in [3.8, 4) is 11.5 Å². The van der Waals surface area contributed by atoms with E-state index >= 15 is 0 Å². The molecule has 2 amide bonds. The zero-order valence-electron chi connectivity index (χ0n) is 19.9. The Hall–Kier alpha value is -4.26. The van der Waals surface area contributed by atoms with E-state index in [0.29, 0.717) is 22.7 Å². The highest BCUT2D eigenvalue weighted by atomic mass is 16.5. The number of hydrogen-bond donors (Lipinski definition) is 2. The standard InChI is InChI=1S/C28H27N3O4/c1-17-26(21-10-6-7-11-22(21)29-17)27-19-8-4-5-9-20(19)28(33)31(27)15-14-25(32)30-23-13-12-18(34-2)16-24(23)35-3/h4-13,16,27,29H,14-15H2,1-3H3,(H,30,32)/t27-/m1/s1. The lowest BCUT2D eigenvalue weighted by Gasteiger charge is -2.26. The van der Waals surface area contributed by atoms with Crippen LogP contribution < -0.4 is 14.8 Å². The number of nitrogens with one attached hydrogen (secondary N) is 2. The fourth-order valence-electron chi connectivity index (χ4n) is 4.90. The van der Waals surface area contributed by atoms with Crippen molar-refractivity contribution < 1.29 is 19.1 Å². The van der Waals surface area contributed by atoms with E-state index < -0.39 is 0 Å². The van der Waals surface area contributed by atoms with Crippen LogP contribution in [0.1, 0.15) is 39.6 Å². The number of amides is 2. The summed E-state index contributed by atoms with van der Waals surface area (Å²) in [4.78, 5) is 31.6. The zero-order valence-corrected chi connectivity index (χ0v) is 19.9. The number of hydrogen-bond acceptors (Lipinski definition) is 4. The van der Waals surface area contributed by atoms with Crippen molar-refractivity contribution in [2.45, 2.75) is 19.4 Å². The number of ether oxygens (including phenoxy) is 2. The van der Waals surface area contributed by atoms with Gasteiger partial charge < -0.3 is 24.7 Å². The Kier molecular flexibility index (Phi) is 5.91. The van der Waals surface area contributed by atoms with Crippen LogP contribution in [0.4, 0.5) is 5.69 Å². The molecule has 5 rings (SSSR count). The van der Waals surface area contributed by atoms with E-state index in [9.17, 15) is 9.59 Å². The lowest BCUT2D eigenvalue weighted by molar-refractivity contribution is -0.116. The van der Waals surface area contributed by atoms with Crippen molar-refractivity contribution in [1.29, 1.82) is 0 Å². The van der Waals surface area contributed by atoms with Gasteiger partial charge >= 0.3 is 0 Å². The van der Waals surface area contributed by atoms with Crippen LogP contribution in [0.2, 0.25) is 0 Å². The Morgan fingerprint density at radius 2 is 1.80 bits per heavy atom. The first-order valence-electron chi connectivity index (χ1n) is 11.5. The molecule has 0 spiro atoms. The molecular weight excluding hydrogens is 442 g/mol. The Balaban J connectivity index is 1.42. The van der Waals surface area contributed by atoms with Gasteiger partial charge in [0.05, 0.1) is 25.9 Å². The predicted octanol–water partition coefficient (Wildman–Crippen LogP) is 5.07. The van der Waals surface area contributed by atoms with Crippen LogP contribution in [-0.2, 0) is 4.79 Å². The zero-order chi connectivity index (χ0) is 24.5. The Morgan fingerprint density at radius 3 is 2.60 bits per heavy atom. The molecule has 0 radical (unpaired) electrons. The second-order valence-corrected chi connectivity index (χ2v) is 8.56. The fraction of sp³-hybridized carbons (Fsp3) is 0.214. The summed E-state index contributed by atoms with van der Waals surface area (Å²) in [5.41, 5.74) is 5.30. The van der Waals surface area contributed by atoms with Crippen molar-refractivity contribution in [3.63, 3.8) is 0 Å². The Morgan fingerprint density at radius 1 is 1.03 bits per heavy atom. The summed E-state index contributed by atoms with van der Waals surface area (Å²) in [6.07, 6.45) is 0.146. The molecule has 0 aliphatic carbocycles. The van der Waals surface area contributed by atoms with Gasteiger partial charge in [0.2, 0.25) is 5.91 Å². The molecule has 0 saturated heterocycles. The molecule has 35 heavy (non-hydrogen) atoms. The molecule has 7 nitrogen and oxygen atoms in total. The fourth-order valence-corrected chi connectivity index (χ4v) is 4.90. The predicted molar refractivity (Wildman–Crippen MR) is 135 cm³/mol. The van der Waals surface area contributed by atoms with E-state index in [2.05, 4.69) is 16.4 Å². The van der Waals surface area contributed by atoms with Crippen molar-refractivity contribution in [2.24, 2.45) is 0 Å². The number of carbonyl (C=O) groups excluding carboxylic acids is 2. The summed E-state index contributed by atoms with van der Waals surface area (Å²) in [6, 6.07) is 20.7. The minimum atomic E-state index is -0.266. The largest absolute Gasteiger partial charge is 0.497 e. The molecule has 1 aliphatic rings. The molecule has 0 saturated carbocycles. The van der Waals surface area contributed by atoms with Gasteiger partial charge in [-0.25, -0.2) is 0 Å². The molecule has 1 aromatic heterocycles. The first-order valence-corrected chi connectivity index (χ1v) is 11.5. The minimum absolute atomic E-state index is 0.0647. The number of methoxy groups -OCH3 is 2. The van der Waals surface area contributed by atoms with Gasteiger partial charge in [0.1, 0.15) is 11.5 Å². The first kappa shape index (κ1) is 22.5. The molecule has 0 fully saturated rings.